The lowest BCUT2D eigenvalue weighted by Gasteiger charge is -2.28. The molecule has 2 heterocycles. The van der Waals surface area contributed by atoms with E-state index in [-0.39, 0.29) is 5.91 Å². The Balaban J connectivity index is 1.70. The SMILES string of the molecule is COc1ccccc1NC(=O)c1cc(N2CCOCC2)nc(-c2ccccc2)n1. The Kier molecular flexibility index (Phi) is 5.67. The first-order valence-electron chi connectivity index (χ1n) is 9.46. The van der Waals surface area contributed by atoms with Crippen molar-refractivity contribution >= 4 is 17.4 Å². The van der Waals surface area contributed by atoms with E-state index in [1.54, 1.807) is 25.3 Å². The van der Waals surface area contributed by atoms with Crippen LogP contribution < -0.4 is 15.0 Å². The molecule has 1 aliphatic heterocycles. The number of hydrogen-bond acceptors (Lipinski definition) is 6. The zero-order chi connectivity index (χ0) is 20.1. The molecule has 1 amide bonds. The lowest BCUT2D eigenvalue weighted by Crippen LogP contribution is -2.37. The van der Waals surface area contributed by atoms with Crippen LogP contribution in [-0.2, 0) is 4.74 Å². The Labute approximate surface area is 169 Å². The van der Waals surface area contributed by atoms with Gasteiger partial charge in [0, 0.05) is 24.7 Å². The molecule has 0 saturated carbocycles. The highest BCUT2D eigenvalue weighted by Crippen LogP contribution is 2.25. The van der Waals surface area contributed by atoms with Crippen LogP contribution in [-0.4, -0.2) is 49.3 Å². The second-order valence-electron chi connectivity index (χ2n) is 6.55. The van der Waals surface area contributed by atoms with Crippen LogP contribution in [0.25, 0.3) is 11.4 Å². The minimum atomic E-state index is -0.316. The van der Waals surface area contributed by atoms with Gasteiger partial charge in [-0.2, -0.15) is 0 Å². The summed E-state index contributed by atoms with van der Waals surface area (Å²) in [7, 11) is 1.57. The fourth-order valence-corrected chi connectivity index (χ4v) is 3.16. The van der Waals surface area contributed by atoms with E-state index in [4.69, 9.17) is 14.5 Å². The number of rotatable bonds is 5. The van der Waals surface area contributed by atoms with Crippen molar-refractivity contribution in [1.29, 1.82) is 0 Å². The second-order valence-corrected chi connectivity index (χ2v) is 6.55. The van der Waals surface area contributed by atoms with E-state index in [1.165, 1.54) is 0 Å². The molecule has 0 radical (unpaired) electrons. The molecule has 0 aliphatic carbocycles. The van der Waals surface area contributed by atoms with Crippen molar-refractivity contribution in [3.05, 3.63) is 66.4 Å². The van der Waals surface area contributed by atoms with Gasteiger partial charge in [0.15, 0.2) is 5.82 Å². The first-order chi connectivity index (χ1) is 14.2. The number of morpholine rings is 1. The number of amides is 1. The van der Waals surface area contributed by atoms with Crippen LogP contribution in [0.5, 0.6) is 5.75 Å². The first-order valence-corrected chi connectivity index (χ1v) is 9.46. The minimum absolute atomic E-state index is 0.297. The highest BCUT2D eigenvalue weighted by Gasteiger charge is 2.19. The molecule has 1 aromatic heterocycles. The summed E-state index contributed by atoms with van der Waals surface area (Å²) < 4.78 is 10.8. The third kappa shape index (κ3) is 4.35. The summed E-state index contributed by atoms with van der Waals surface area (Å²) in [6.07, 6.45) is 0. The van der Waals surface area contributed by atoms with Crippen LogP contribution in [0.4, 0.5) is 11.5 Å². The number of hydrogen-bond donors (Lipinski definition) is 1. The van der Waals surface area contributed by atoms with E-state index in [0.29, 0.717) is 42.0 Å². The Morgan fingerprint density at radius 3 is 2.52 bits per heavy atom. The molecule has 1 aliphatic rings. The fraction of sp³-hybridized carbons (Fsp3) is 0.227. The van der Waals surface area contributed by atoms with Gasteiger partial charge < -0.3 is 19.7 Å². The van der Waals surface area contributed by atoms with E-state index in [0.717, 1.165) is 18.7 Å². The molecule has 0 unspecified atom stereocenters. The van der Waals surface area contributed by atoms with Crippen LogP contribution in [0, 0.1) is 0 Å². The van der Waals surface area contributed by atoms with Crippen molar-refractivity contribution in [3.8, 4) is 17.1 Å². The molecule has 7 nitrogen and oxygen atoms in total. The fourth-order valence-electron chi connectivity index (χ4n) is 3.16. The lowest BCUT2D eigenvalue weighted by atomic mass is 10.2. The van der Waals surface area contributed by atoms with Crippen molar-refractivity contribution in [2.24, 2.45) is 0 Å². The number of benzene rings is 2. The average molecular weight is 390 g/mol. The largest absolute Gasteiger partial charge is 0.495 e. The molecule has 1 N–H and O–H groups in total. The smallest absolute Gasteiger partial charge is 0.274 e. The zero-order valence-corrected chi connectivity index (χ0v) is 16.2. The number of nitrogens with one attached hydrogen (secondary N) is 1. The van der Waals surface area contributed by atoms with E-state index < -0.39 is 0 Å². The summed E-state index contributed by atoms with van der Waals surface area (Å²) in [4.78, 5) is 24.3. The van der Waals surface area contributed by atoms with E-state index in [9.17, 15) is 4.79 Å². The number of para-hydroxylation sites is 2. The van der Waals surface area contributed by atoms with Gasteiger partial charge in [0.05, 0.1) is 26.0 Å². The molecule has 2 aromatic carbocycles. The van der Waals surface area contributed by atoms with E-state index >= 15 is 0 Å². The summed E-state index contributed by atoms with van der Waals surface area (Å²) in [6.45, 7) is 2.71. The number of carbonyl (C=O) groups excluding carboxylic acids is 1. The highest BCUT2D eigenvalue weighted by atomic mass is 16.5. The lowest BCUT2D eigenvalue weighted by molar-refractivity contribution is 0.102. The van der Waals surface area contributed by atoms with Gasteiger partial charge in [0.2, 0.25) is 0 Å². The summed E-state index contributed by atoms with van der Waals surface area (Å²) in [5.41, 5.74) is 1.74. The summed E-state index contributed by atoms with van der Waals surface area (Å²) in [6, 6.07) is 18.6. The average Bonchev–Trinajstić information content (AvgIpc) is 2.80. The Morgan fingerprint density at radius 2 is 1.76 bits per heavy atom. The molecule has 29 heavy (non-hydrogen) atoms. The maximum absolute atomic E-state index is 13.0. The van der Waals surface area contributed by atoms with Gasteiger partial charge in [-0.15, -0.1) is 0 Å². The molecule has 148 valence electrons. The molecule has 0 atom stereocenters. The van der Waals surface area contributed by atoms with Gasteiger partial charge >= 0.3 is 0 Å². The molecule has 1 saturated heterocycles. The number of carbonyl (C=O) groups is 1. The first kappa shape index (κ1) is 18.9. The summed E-state index contributed by atoms with van der Waals surface area (Å²) in [5.74, 6) is 1.50. The molecular formula is C22H22N4O3. The quantitative estimate of drug-likeness (QED) is 0.721. The number of methoxy groups -OCH3 is 1. The maximum atomic E-state index is 13.0. The molecule has 7 heteroatoms. The number of nitrogens with zero attached hydrogens (tertiary/aromatic N) is 3. The van der Waals surface area contributed by atoms with Crippen LogP contribution in [0.15, 0.2) is 60.7 Å². The van der Waals surface area contributed by atoms with Gasteiger partial charge in [-0.3, -0.25) is 4.79 Å². The molecule has 4 rings (SSSR count). The number of aromatic nitrogens is 2. The van der Waals surface area contributed by atoms with Crippen LogP contribution in [0.2, 0.25) is 0 Å². The van der Waals surface area contributed by atoms with Gasteiger partial charge in [0.25, 0.3) is 5.91 Å². The summed E-state index contributed by atoms with van der Waals surface area (Å²) >= 11 is 0. The number of ether oxygens (including phenoxy) is 2. The van der Waals surface area contributed by atoms with Crippen LogP contribution in [0.3, 0.4) is 0 Å². The molecular weight excluding hydrogens is 368 g/mol. The van der Waals surface area contributed by atoms with Gasteiger partial charge in [0.1, 0.15) is 17.3 Å². The predicted octanol–water partition coefficient (Wildman–Crippen LogP) is 3.24. The van der Waals surface area contributed by atoms with E-state index in [1.807, 2.05) is 42.5 Å². The molecule has 0 bridgehead atoms. The van der Waals surface area contributed by atoms with Crippen molar-refractivity contribution in [3.63, 3.8) is 0 Å². The monoisotopic (exact) mass is 390 g/mol. The maximum Gasteiger partial charge on any atom is 0.274 e. The Bertz CT molecular complexity index is 988. The zero-order valence-electron chi connectivity index (χ0n) is 16.2. The van der Waals surface area contributed by atoms with Crippen molar-refractivity contribution < 1.29 is 14.3 Å². The molecule has 3 aromatic rings. The number of anilines is 2. The third-order valence-corrected chi connectivity index (χ3v) is 4.67. The second kappa shape index (κ2) is 8.70. The van der Waals surface area contributed by atoms with Crippen molar-refractivity contribution in [2.75, 3.05) is 43.6 Å². The topological polar surface area (TPSA) is 76.6 Å². The van der Waals surface area contributed by atoms with Crippen LogP contribution in [0.1, 0.15) is 10.5 Å². The van der Waals surface area contributed by atoms with Crippen molar-refractivity contribution in [1.82, 2.24) is 9.97 Å². The standard InChI is InChI=1S/C22H22N4O3/c1-28-19-10-6-5-9-17(19)24-22(27)18-15-20(26-11-13-29-14-12-26)25-21(23-18)16-7-3-2-4-8-16/h2-10,15H,11-14H2,1H3,(H,24,27). The van der Waals surface area contributed by atoms with Gasteiger partial charge in [-0.1, -0.05) is 42.5 Å². The Morgan fingerprint density at radius 1 is 1.03 bits per heavy atom. The molecule has 1 fully saturated rings. The van der Waals surface area contributed by atoms with Crippen LogP contribution >= 0.6 is 0 Å². The predicted molar refractivity (Wildman–Crippen MR) is 111 cm³/mol. The Hall–Kier alpha value is -3.45. The summed E-state index contributed by atoms with van der Waals surface area (Å²) in [5, 5.41) is 2.89. The van der Waals surface area contributed by atoms with Gasteiger partial charge in [-0.25, -0.2) is 9.97 Å². The van der Waals surface area contributed by atoms with Gasteiger partial charge in [-0.05, 0) is 12.1 Å². The highest BCUT2D eigenvalue weighted by molar-refractivity contribution is 6.04. The molecule has 0 spiro atoms. The normalized spacial score (nSPS) is 13.8. The third-order valence-electron chi connectivity index (χ3n) is 4.67. The minimum Gasteiger partial charge on any atom is -0.495 e. The van der Waals surface area contributed by atoms with E-state index in [2.05, 4.69) is 15.2 Å². The van der Waals surface area contributed by atoms with Crippen molar-refractivity contribution in [2.45, 2.75) is 0 Å².